The van der Waals surface area contributed by atoms with Crippen LogP contribution in [-0.4, -0.2) is 36.4 Å². The van der Waals surface area contributed by atoms with Gasteiger partial charge in [-0.2, -0.15) is 0 Å². The van der Waals surface area contributed by atoms with Crippen molar-refractivity contribution < 1.29 is 19.4 Å². The highest BCUT2D eigenvalue weighted by Crippen LogP contribution is 2.10. The Kier molecular flexibility index (Phi) is 5.81. The second-order valence-corrected chi connectivity index (χ2v) is 3.99. The number of aromatic carboxylic acids is 1. The van der Waals surface area contributed by atoms with Crippen LogP contribution in [-0.2, 0) is 4.74 Å². The molecule has 0 saturated heterocycles. The first-order valence-corrected chi connectivity index (χ1v) is 6.02. The molecule has 0 aliphatic rings. The molecule has 0 aromatic heterocycles. The SMILES string of the molecule is CCOC(C)CNC(=O)Nc1cccc(C(=O)O)c1. The maximum absolute atomic E-state index is 11.6. The minimum atomic E-state index is -1.03. The van der Waals surface area contributed by atoms with E-state index in [-0.39, 0.29) is 11.7 Å². The number of carboxylic acid groups (broad SMARTS) is 1. The zero-order valence-electron chi connectivity index (χ0n) is 11.0. The molecule has 0 fully saturated rings. The first-order chi connectivity index (χ1) is 9.02. The van der Waals surface area contributed by atoms with Crippen molar-refractivity contribution in [2.75, 3.05) is 18.5 Å². The number of carbonyl (C=O) groups excluding carboxylic acids is 1. The molecule has 1 unspecified atom stereocenters. The Morgan fingerprint density at radius 1 is 1.42 bits per heavy atom. The molecule has 3 N–H and O–H groups in total. The van der Waals surface area contributed by atoms with Gasteiger partial charge in [-0.15, -0.1) is 0 Å². The summed E-state index contributed by atoms with van der Waals surface area (Å²) in [6.45, 7) is 4.71. The van der Waals surface area contributed by atoms with Crippen LogP contribution in [0.1, 0.15) is 24.2 Å². The van der Waals surface area contributed by atoms with E-state index in [0.717, 1.165) is 0 Å². The molecule has 0 heterocycles. The van der Waals surface area contributed by atoms with Crippen molar-refractivity contribution >= 4 is 17.7 Å². The molecule has 104 valence electrons. The second-order valence-electron chi connectivity index (χ2n) is 3.99. The molecule has 0 bridgehead atoms. The smallest absolute Gasteiger partial charge is 0.335 e. The average Bonchev–Trinajstić information content (AvgIpc) is 2.37. The maximum Gasteiger partial charge on any atom is 0.335 e. The van der Waals surface area contributed by atoms with E-state index < -0.39 is 12.0 Å². The highest BCUT2D eigenvalue weighted by atomic mass is 16.5. The molecular formula is C13H18N2O4. The summed E-state index contributed by atoms with van der Waals surface area (Å²) in [7, 11) is 0. The predicted molar refractivity (Wildman–Crippen MR) is 71.5 cm³/mol. The van der Waals surface area contributed by atoms with Crippen molar-refractivity contribution in [1.29, 1.82) is 0 Å². The van der Waals surface area contributed by atoms with Gasteiger partial charge in [-0.1, -0.05) is 6.07 Å². The highest BCUT2D eigenvalue weighted by Gasteiger charge is 2.07. The lowest BCUT2D eigenvalue weighted by molar-refractivity contribution is 0.0697. The van der Waals surface area contributed by atoms with Gasteiger partial charge in [0.25, 0.3) is 0 Å². The van der Waals surface area contributed by atoms with E-state index in [1.807, 2.05) is 13.8 Å². The fourth-order valence-electron chi connectivity index (χ4n) is 1.49. The van der Waals surface area contributed by atoms with Crippen LogP contribution in [0.25, 0.3) is 0 Å². The normalized spacial score (nSPS) is 11.7. The number of amides is 2. The first-order valence-electron chi connectivity index (χ1n) is 6.02. The number of hydrogen-bond acceptors (Lipinski definition) is 3. The van der Waals surface area contributed by atoms with Gasteiger partial charge in [0.1, 0.15) is 0 Å². The summed E-state index contributed by atoms with van der Waals surface area (Å²) < 4.78 is 5.27. The van der Waals surface area contributed by atoms with Crippen LogP contribution in [0.4, 0.5) is 10.5 Å². The van der Waals surface area contributed by atoms with Crippen LogP contribution >= 0.6 is 0 Å². The second kappa shape index (κ2) is 7.38. The predicted octanol–water partition coefficient (Wildman–Crippen LogP) is 1.93. The summed E-state index contributed by atoms with van der Waals surface area (Å²) in [5, 5.41) is 14.0. The third kappa shape index (κ3) is 5.39. The Labute approximate surface area is 111 Å². The Bertz CT molecular complexity index is 448. The van der Waals surface area contributed by atoms with Gasteiger partial charge in [-0.25, -0.2) is 9.59 Å². The third-order valence-electron chi connectivity index (χ3n) is 2.37. The molecule has 0 aliphatic heterocycles. The van der Waals surface area contributed by atoms with Gasteiger partial charge in [0.15, 0.2) is 0 Å². The van der Waals surface area contributed by atoms with E-state index in [4.69, 9.17) is 9.84 Å². The molecule has 0 aliphatic carbocycles. The van der Waals surface area contributed by atoms with Gasteiger partial charge in [0, 0.05) is 18.8 Å². The number of ether oxygens (including phenoxy) is 1. The lowest BCUT2D eigenvalue weighted by atomic mass is 10.2. The van der Waals surface area contributed by atoms with Crippen LogP contribution in [0.2, 0.25) is 0 Å². The molecule has 6 heteroatoms. The lowest BCUT2D eigenvalue weighted by Gasteiger charge is -2.13. The Hall–Kier alpha value is -2.08. The average molecular weight is 266 g/mol. The molecule has 1 aromatic rings. The van der Waals surface area contributed by atoms with Gasteiger partial charge < -0.3 is 20.5 Å². The van der Waals surface area contributed by atoms with E-state index in [2.05, 4.69) is 10.6 Å². The number of rotatable bonds is 6. The van der Waals surface area contributed by atoms with Crippen molar-refractivity contribution in [3.05, 3.63) is 29.8 Å². The first kappa shape index (κ1) is 15.0. The largest absolute Gasteiger partial charge is 0.478 e. The minimum Gasteiger partial charge on any atom is -0.478 e. The van der Waals surface area contributed by atoms with E-state index in [0.29, 0.717) is 18.8 Å². The number of carboxylic acids is 1. The van der Waals surface area contributed by atoms with Crippen LogP contribution < -0.4 is 10.6 Å². The summed E-state index contributed by atoms with van der Waals surface area (Å²) in [4.78, 5) is 22.4. The van der Waals surface area contributed by atoms with Crippen LogP contribution in [0.3, 0.4) is 0 Å². The Balaban J connectivity index is 2.48. The number of anilines is 1. The zero-order valence-corrected chi connectivity index (χ0v) is 11.0. The monoisotopic (exact) mass is 266 g/mol. The van der Waals surface area contributed by atoms with Crippen LogP contribution in [0.5, 0.6) is 0 Å². The van der Waals surface area contributed by atoms with Gasteiger partial charge in [-0.05, 0) is 32.0 Å². The summed E-state index contributed by atoms with van der Waals surface area (Å²) in [6, 6.07) is 5.66. The Morgan fingerprint density at radius 3 is 2.79 bits per heavy atom. The highest BCUT2D eigenvalue weighted by molar-refractivity contribution is 5.93. The van der Waals surface area contributed by atoms with Crippen LogP contribution in [0.15, 0.2) is 24.3 Å². The standard InChI is InChI=1S/C13H18N2O4/c1-3-19-9(2)8-14-13(18)15-11-6-4-5-10(7-11)12(16)17/h4-7,9H,3,8H2,1-2H3,(H,16,17)(H2,14,15,18). The van der Waals surface area contributed by atoms with Gasteiger partial charge in [0.05, 0.1) is 11.7 Å². The summed E-state index contributed by atoms with van der Waals surface area (Å²) in [5.41, 5.74) is 0.557. The molecule has 1 rings (SSSR count). The lowest BCUT2D eigenvalue weighted by Crippen LogP contribution is -2.35. The Morgan fingerprint density at radius 2 is 2.16 bits per heavy atom. The molecular weight excluding hydrogens is 248 g/mol. The van der Waals surface area contributed by atoms with Crippen LogP contribution in [0, 0.1) is 0 Å². The molecule has 0 saturated carbocycles. The number of hydrogen-bond donors (Lipinski definition) is 3. The molecule has 0 spiro atoms. The number of nitrogens with one attached hydrogen (secondary N) is 2. The van der Waals surface area contributed by atoms with Crippen molar-refractivity contribution in [2.24, 2.45) is 0 Å². The van der Waals surface area contributed by atoms with E-state index in [9.17, 15) is 9.59 Å². The van der Waals surface area contributed by atoms with E-state index in [1.165, 1.54) is 12.1 Å². The molecule has 0 radical (unpaired) electrons. The molecule has 1 aromatic carbocycles. The molecule has 2 amide bonds. The maximum atomic E-state index is 11.6. The molecule has 1 atom stereocenters. The number of urea groups is 1. The summed E-state index contributed by atoms with van der Waals surface area (Å²) >= 11 is 0. The van der Waals surface area contributed by atoms with Crippen molar-refractivity contribution in [1.82, 2.24) is 5.32 Å². The molecule has 6 nitrogen and oxygen atoms in total. The fourth-order valence-corrected chi connectivity index (χ4v) is 1.49. The third-order valence-corrected chi connectivity index (χ3v) is 2.37. The van der Waals surface area contributed by atoms with E-state index in [1.54, 1.807) is 12.1 Å². The summed E-state index contributed by atoms with van der Waals surface area (Å²) in [6.07, 6.45) is -0.0684. The zero-order chi connectivity index (χ0) is 14.3. The number of carbonyl (C=O) groups is 2. The minimum absolute atomic E-state index is 0.0684. The van der Waals surface area contributed by atoms with Crippen molar-refractivity contribution in [3.63, 3.8) is 0 Å². The van der Waals surface area contributed by atoms with E-state index >= 15 is 0 Å². The number of benzene rings is 1. The van der Waals surface area contributed by atoms with Crippen molar-refractivity contribution in [2.45, 2.75) is 20.0 Å². The quantitative estimate of drug-likeness (QED) is 0.734. The van der Waals surface area contributed by atoms with Gasteiger partial charge >= 0.3 is 12.0 Å². The molecule has 19 heavy (non-hydrogen) atoms. The van der Waals surface area contributed by atoms with Gasteiger partial charge in [-0.3, -0.25) is 0 Å². The van der Waals surface area contributed by atoms with Gasteiger partial charge in [0.2, 0.25) is 0 Å². The topological polar surface area (TPSA) is 87.7 Å². The summed E-state index contributed by atoms with van der Waals surface area (Å²) in [5.74, 6) is -1.03. The van der Waals surface area contributed by atoms with Crippen molar-refractivity contribution in [3.8, 4) is 0 Å². The fraction of sp³-hybridized carbons (Fsp3) is 0.385.